The maximum atomic E-state index is 12.3. The Morgan fingerprint density at radius 1 is 1.52 bits per heavy atom. The van der Waals surface area contributed by atoms with Gasteiger partial charge in [-0.25, -0.2) is 9.78 Å². The van der Waals surface area contributed by atoms with Crippen LogP contribution in [0.3, 0.4) is 0 Å². The average Bonchev–Trinajstić information content (AvgIpc) is 2.97. The molecule has 1 aliphatic heterocycles. The Hall–Kier alpha value is -2.08. The number of para-hydroxylation sites is 1. The van der Waals surface area contributed by atoms with Gasteiger partial charge in [0.1, 0.15) is 5.82 Å². The number of likely N-dealkylation sites (tertiary alicyclic amines) is 1. The van der Waals surface area contributed by atoms with Gasteiger partial charge < -0.3 is 20.3 Å². The van der Waals surface area contributed by atoms with Gasteiger partial charge in [0.05, 0.1) is 24.2 Å². The molecule has 1 aliphatic rings. The number of aliphatic hydroxyl groups is 1. The number of fused-ring (bicyclic) bond motifs is 1. The average molecular weight is 316 g/mol. The van der Waals surface area contributed by atoms with Crippen LogP contribution in [0.5, 0.6) is 0 Å². The Labute approximate surface area is 135 Å². The van der Waals surface area contributed by atoms with Crippen molar-refractivity contribution in [3.8, 4) is 0 Å². The van der Waals surface area contributed by atoms with E-state index in [1.165, 1.54) is 0 Å². The van der Waals surface area contributed by atoms with Crippen LogP contribution in [0.1, 0.15) is 31.2 Å². The van der Waals surface area contributed by atoms with E-state index < -0.39 is 0 Å². The second-order valence-corrected chi connectivity index (χ2v) is 6.81. The van der Waals surface area contributed by atoms with Gasteiger partial charge in [0.25, 0.3) is 0 Å². The molecule has 1 aromatic heterocycles. The number of benzene rings is 1. The van der Waals surface area contributed by atoms with Gasteiger partial charge in [0, 0.05) is 18.5 Å². The summed E-state index contributed by atoms with van der Waals surface area (Å²) < 4.78 is 0. The lowest BCUT2D eigenvalue weighted by Gasteiger charge is -2.39. The summed E-state index contributed by atoms with van der Waals surface area (Å²) in [6, 6.07) is 5.90. The number of nitrogens with one attached hydrogen (secondary N) is 2. The van der Waals surface area contributed by atoms with Crippen LogP contribution in [0, 0.1) is 12.3 Å². The molecule has 0 aliphatic carbocycles. The number of urea groups is 1. The van der Waals surface area contributed by atoms with E-state index >= 15 is 0 Å². The van der Waals surface area contributed by atoms with Gasteiger partial charge in [-0.3, -0.25) is 0 Å². The highest BCUT2D eigenvalue weighted by Crippen LogP contribution is 2.28. The number of rotatable bonds is 3. The minimum atomic E-state index is -0.188. The molecule has 1 aromatic carbocycles. The first-order valence-electron chi connectivity index (χ1n) is 8.09. The van der Waals surface area contributed by atoms with E-state index in [0.29, 0.717) is 13.1 Å². The summed E-state index contributed by atoms with van der Waals surface area (Å²) >= 11 is 0. The number of nitrogens with zero attached hydrogens (tertiary/aromatic N) is 2. The Balaban J connectivity index is 1.63. The Morgan fingerprint density at radius 2 is 2.35 bits per heavy atom. The smallest absolute Gasteiger partial charge is 0.317 e. The van der Waals surface area contributed by atoms with Crippen LogP contribution in [0.25, 0.3) is 11.0 Å². The van der Waals surface area contributed by atoms with Crippen molar-refractivity contribution in [2.24, 2.45) is 5.41 Å². The summed E-state index contributed by atoms with van der Waals surface area (Å²) in [6.07, 6.45) is 1.88. The number of hydrogen-bond acceptors (Lipinski definition) is 3. The number of amides is 2. The molecule has 3 N–H and O–H groups in total. The second kappa shape index (κ2) is 6.20. The van der Waals surface area contributed by atoms with Crippen LogP contribution in [0.4, 0.5) is 4.79 Å². The van der Waals surface area contributed by atoms with Crippen LogP contribution < -0.4 is 5.32 Å². The molecule has 1 saturated heterocycles. The van der Waals surface area contributed by atoms with E-state index in [1.54, 1.807) is 4.90 Å². The van der Waals surface area contributed by atoms with Gasteiger partial charge in [-0.05, 0) is 31.4 Å². The van der Waals surface area contributed by atoms with Crippen molar-refractivity contribution in [3.63, 3.8) is 0 Å². The number of carbonyl (C=O) groups excluding carboxylic acids is 1. The fraction of sp³-hybridized carbons (Fsp3) is 0.529. The van der Waals surface area contributed by atoms with Crippen LogP contribution in [-0.4, -0.2) is 45.7 Å². The van der Waals surface area contributed by atoms with Gasteiger partial charge in [-0.1, -0.05) is 19.1 Å². The molecule has 0 radical (unpaired) electrons. The van der Waals surface area contributed by atoms with Gasteiger partial charge in [0.15, 0.2) is 0 Å². The molecule has 2 aromatic rings. The Bertz CT molecular complexity index is 712. The molecule has 0 spiro atoms. The third-order valence-electron chi connectivity index (χ3n) is 4.62. The molecule has 1 atom stereocenters. The molecule has 23 heavy (non-hydrogen) atoms. The quantitative estimate of drug-likeness (QED) is 0.812. The number of imidazole rings is 1. The van der Waals surface area contributed by atoms with Crippen LogP contribution >= 0.6 is 0 Å². The number of aromatic amines is 1. The van der Waals surface area contributed by atoms with E-state index in [0.717, 1.165) is 41.8 Å². The SMILES string of the molecule is Cc1cccc2[nH]c(CNC(=O)N3CCCC(C)(CO)C3)nc12. The molecule has 6 heteroatoms. The third kappa shape index (κ3) is 3.32. The first-order chi connectivity index (χ1) is 11.0. The predicted molar refractivity (Wildman–Crippen MR) is 89.1 cm³/mol. The molecular weight excluding hydrogens is 292 g/mol. The number of H-pyrrole nitrogens is 1. The summed E-state index contributed by atoms with van der Waals surface area (Å²) in [7, 11) is 0. The predicted octanol–water partition coefficient (Wildman–Crippen LogP) is 2.18. The summed E-state index contributed by atoms with van der Waals surface area (Å²) in [4.78, 5) is 21.9. The van der Waals surface area contributed by atoms with Crippen LogP contribution in [-0.2, 0) is 6.54 Å². The van der Waals surface area contributed by atoms with Crippen LogP contribution in [0.15, 0.2) is 18.2 Å². The highest BCUT2D eigenvalue weighted by atomic mass is 16.3. The van der Waals surface area contributed by atoms with Crippen molar-refractivity contribution in [2.75, 3.05) is 19.7 Å². The van der Waals surface area contributed by atoms with Crippen molar-refractivity contribution in [1.29, 1.82) is 0 Å². The standard InChI is InChI=1S/C17H24N4O2/c1-12-5-3-6-13-15(12)20-14(19-13)9-18-16(23)21-8-4-7-17(2,10-21)11-22/h3,5-6,22H,4,7-11H2,1-2H3,(H,18,23)(H,19,20). The van der Waals surface area contributed by atoms with E-state index in [2.05, 4.69) is 15.3 Å². The monoisotopic (exact) mass is 316 g/mol. The molecule has 3 rings (SSSR count). The van der Waals surface area contributed by atoms with Crippen molar-refractivity contribution < 1.29 is 9.90 Å². The summed E-state index contributed by atoms with van der Waals surface area (Å²) in [6.45, 7) is 5.86. The second-order valence-electron chi connectivity index (χ2n) is 6.81. The minimum Gasteiger partial charge on any atom is -0.396 e. The lowest BCUT2D eigenvalue weighted by atomic mass is 9.83. The summed E-state index contributed by atoms with van der Waals surface area (Å²) in [5.41, 5.74) is 2.86. The number of aliphatic hydroxyl groups excluding tert-OH is 1. The minimum absolute atomic E-state index is 0.0958. The molecule has 1 unspecified atom stereocenters. The van der Waals surface area contributed by atoms with Gasteiger partial charge in [-0.2, -0.15) is 0 Å². The zero-order valence-electron chi connectivity index (χ0n) is 13.7. The molecule has 2 amide bonds. The molecule has 2 heterocycles. The van der Waals surface area contributed by atoms with Crippen molar-refractivity contribution in [3.05, 3.63) is 29.6 Å². The maximum Gasteiger partial charge on any atom is 0.317 e. The molecular formula is C17H24N4O2. The molecule has 1 fully saturated rings. The number of hydrogen-bond donors (Lipinski definition) is 3. The Kier molecular flexibility index (Phi) is 4.26. The van der Waals surface area contributed by atoms with Gasteiger partial charge >= 0.3 is 6.03 Å². The van der Waals surface area contributed by atoms with Crippen molar-refractivity contribution in [2.45, 2.75) is 33.2 Å². The first kappa shape index (κ1) is 15.8. The lowest BCUT2D eigenvalue weighted by Crippen LogP contribution is -2.49. The zero-order chi connectivity index (χ0) is 16.4. The van der Waals surface area contributed by atoms with E-state index in [4.69, 9.17) is 0 Å². The van der Waals surface area contributed by atoms with Crippen LogP contribution in [0.2, 0.25) is 0 Å². The maximum absolute atomic E-state index is 12.3. The normalized spacial score (nSPS) is 21.6. The molecule has 0 bridgehead atoms. The Morgan fingerprint density at radius 3 is 3.09 bits per heavy atom. The van der Waals surface area contributed by atoms with Gasteiger partial charge in [-0.15, -0.1) is 0 Å². The molecule has 6 nitrogen and oxygen atoms in total. The molecule has 0 saturated carbocycles. The topological polar surface area (TPSA) is 81.2 Å². The van der Waals surface area contributed by atoms with Crippen molar-refractivity contribution >= 4 is 17.1 Å². The highest BCUT2D eigenvalue weighted by molar-refractivity contribution is 5.79. The third-order valence-corrected chi connectivity index (χ3v) is 4.62. The first-order valence-corrected chi connectivity index (χ1v) is 8.09. The summed E-state index contributed by atoms with van der Waals surface area (Å²) in [5.74, 6) is 0.754. The summed E-state index contributed by atoms with van der Waals surface area (Å²) in [5, 5.41) is 12.4. The van der Waals surface area contributed by atoms with E-state index in [-0.39, 0.29) is 18.1 Å². The number of aryl methyl sites for hydroxylation is 1. The van der Waals surface area contributed by atoms with Crippen molar-refractivity contribution in [1.82, 2.24) is 20.2 Å². The largest absolute Gasteiger partial charge is 0.396 e. The van der Waals surface area contributed by atoms with E-state index in [9.17, 15) is 9.90 Å². The van der Waals surface area contributed by atoms with Gasteiger partial charge in [0.2, 0.25) is 0 Å². The highest BCUT2D eigenvalue weighted by Gasteiger charge is 2.32. The lowest BCUT2D eigenvalue weighted by molar-refractivity contribution is 0.0614. The fourth-order valence-corrected chi connectivity index (χ4v) is 3.20. The number of carbonyl (C=O) groups is 1. The number of piperidine rings is 1. The zero-order valence-corrected chi connectivity index (χ0v) is 13.7. The molecule has 124 valence electrons. The fourth-order valence-electron chi connectivity index (χ4n) is 3.20. The number of aromatic nitrogens is 2. The van der Waals surface area contributed by atoms with E-state index in [1.807, 2.05) is 32.0 Å².